The number of nitrogens with zero attached hydrogens (tertiary/aromatic N) is 2. The molecule has 27 heavy (non-hydrogen) atoms. The highest BCUT2D eigenvalue weighted by molar-refractivity contribution is 9.10. The van der Waals surface area contributed by atoms with Gasteiger partial charge in [-0.3, -0.25) is 4.90 Å². The Kier molecular flexibility index (Phi) is 7.57. The summed E-state index contributed by atoms with van der Waals surface area (Å²) in [4.78, 5) is 16.6. The molecule has 1 heterocycles. The van der Waals surface area contributed by atoms with E-state index in [9.17, 15) is 4.79 Å². The van der Waals surface area contributed by atoms with Crippen LogP contribution in [0.3, 0.4) is 0 Å². The van der Waals surface area contributed by atoms with Crippen LogP contribution in [0.25, 0.3) is 0 Å². The van der Waals surface area contributed by atoms with Gasteiger partial charge in [0.05, 0.1) is 6.61 Å². The number of hydrogen-bond acceptors (Lipinski definition) is 4. The van der Waals surface area contributed by atoms with E-state index in [0.717, 1.165) is 28.8 Å². The van der Waals surface area contributed by atoms with Crippen LogP contribution in [-0.2, 0) is 4.74 Å². The molecular formula is C21H33BrN2O3. The van der Waals surface area contributed by atoms with Crippen LogP contribution in [0, 0.1) is 6.92 Å². The van der Waals surface area contributed by atoms with Gasteiger partial charge in [-0.05, 0) is 60.1 Å². The number of hydrogen-bond donors (Lipinski definition) is 0. The van der Waals surface area contributed by atoms with Crippen LogP contribution in [0.15, 0.2) is 22.7 Å². The monoisotopic (exact) mass is 440 g/mol. The number of carbonyl (C=O) groups excluding carboxylic acids is 1. The largest absolute Gasteiger partial charge is 0.493 e. The van der Waals surface area contributed by atoms with Gasteiger partial charge in [-0.2, -0.15) is 0 Å². The molecule has 0 aromatic heterocycles. The predicted molar refractivity (Wildman–Crippen MR) is 112 cm³/mol. The van der Waals surface area contributed by atoms with Crippen LogP contribution in [0.5, 0.6) is 5.75 Å². The maximum atomic E-state index is 12.3. The fourth-order valence-electron chi connectivity index (χ4n) is 3.45. The number of benzene rings is 1. The normalized spacial score (nSPS) is 21.2. The van der Waals surface area contributed by atoms with Gasteiger partial charge in [0.2, 0.25) is 0 Å². The van der Waals surface area contributed by atoms with E-state index in [2.05, 4.69) is 41.6 Å². The predicted octanol–water partition coefficient (Wildman–Crippen LogP) is 4.86. The summed E-state index contributed by atoms with van der Waals surface area (Å²) in [5.74, 6) is 0.931. The number of halogens is 1. The molecular weight excluding hydrogens is 408 g/mol. The lowest BCUT2D eigenvalue weighted by Gasteiger charge is -2.44. The summed E-state index contributed by atoms with van der Waals surface area (Å²) in [6.45, 7) is 15.2. The third-order valence-corrected chi connectivity index (χ3v) is 5.65. The molecule has 1 aromatic rings. The first-order chi connectivity index (χ1) is 12.6. The number of carbonyl (C=O) groups is 1. The summed E-state index contributed by atoms with van der Waals surface area (Å²) in [5, 5.41) is 0. The van der Waals surface area contributed by atoms with Crippen molar-refractivity contribution in [2.75, 3.05) is 26.2 Å². The van der Waals surface area contributed by atoms with Crippen molar-refractivity contribution in [2.24, 2.45) is 0 Å². The molecule has 1 aliphatic rings. The quantitative estimate of drug-likeness (QED) is 0.613. The third kappa shape index (κ3) is 6.39. The molecule has 1 saturated heterocycles. The molecule has 0 N–H and O–H groups in total. The van der Waals surface area contributed by atoms with Gasteiger partial charge in [-0.1, -0.05) is 22.0 Å². The van der Waals surface area contributed by atoms with Gasteiger partial charge in [0.15, 0.2) is 0 Å². The smallest absolute Gasteiger partial charge is 0.410 e. The van der Waals surface area contributed by atoms with Crippen molar-refractivity contribution in [3.8, 4) is 5.75 Å². The Morgan fingerprint density at radius 2 is 1.85 bits per heavy atom. The zero-order valence-electron chi connectivity index (χ0n) is 17.4. The van der Waals surface area contributed by atoms with Crippen LogP contribution in [0.2, 0.25) is 0 Å². The minimum atomic E-state index is -0.456. The SMILES string of the molecule is Cc1c(Br)cccc1OCCCN1[C@H](C)CN(C(=O)OC(C)(C)C)C[C@@H]1C. The molecule has 1 amide bonds. The summed E-state index contributed by atoms with van der Waals surface area (Å²) in [7, 11) is 0. The highest BCUT2D eigenvalue weighted by atomic mass is 79.9. The Morgan fingerprint density at radius 1 is 1.22 bits per heavy atom. The molecule has 1 aliphatic heterocycles. The van der Waals surface area contributed by atoms with Crippen molar-refractivity contribution < 1.29 is 14.3 Å². The van der Waals surface area contributed by atoms with Crippen molar-refractivity contribution in [1.29, 1.82) is 0 Å². The number of amides is 1. The summed E-state index contributed by atoms with van der Waals surface area (Å²) in [6.07, 6.45) is 0.738. The molecule has 0 radical (unpaired) electrons. The molecule has 6 heteroatoms. The Labute approximate surface area is 172 Å². The van der Waals surface area contributed by atoms with Crippen molar-refractivity contribution in [3.05, 3.63) is 28.2 Å². The molecule has 5 nitrogen and oxygen atoms in total. The minimum Gasteiger partial charge on any atom is -0.493 e. The second-order valence-corrected chi connectivity index (χ2v) is 9.24. The van der Waals surface area contributed by atoms with E-state index in [1.54, 1.807) is 0 Å². The van der Waals surface area contributed by atoms with Crippen LogP contribution >= 0.6 is 15.9 Å². The van der Waals surface area contributed by atoms with Gasteiger partial charge in [-0.15, -0.1) is 0 Å². The van der Waals surface area contributed by atoms with E-state index in [1.165, 1.54) is 0 Å². The lowest BCUT2D eigenvalue weighted by Crippen LogP contribution is -2.58. The van der Waals surface area contributed by atoms with Gasteiger partial charge in [0, 0.05) is 41.8 Å². The molecule has 0 spiro atoms. The highest BCUT2D eigenvalue weighted by Gasteiger charge is 2.33. The van der Waals surface area contributed by atoms with Crippen molar-refractivity contribution >= 4 is 22.0 Å². The van der Waals surface area contributed by atoms with Crippen LogP contribution < -0.4 is 4.74 Å². The van der Waals surface area contributed by atoms with Gasteiger partial charge >= 0.3 is 6.09 Å². The Balaban J connectivity index is 1.81. The molecule has 1 fully saturated rings. The van der Waals surface area contributed by atoms with Crippen molar-refractivity contribution in [3.63, 3.8) is 0 Å². The summed E-state index contributed by atoms with van der Waals surface area (Å²) >= 11 is 3.54. The Bertz CT molecular complexity index is 633. The minimum absolute atomic E-state index is 0.214. The van der Waals surface area contributed by atoms with E-state index < -0.39 is 5.60 Å². The van der Waals surface area contributed by atoms with Gasteiger partial charge in [-0.25, -0.2) is 4.79 Å². The van der Waals surface area contributed by atoms with E-state index >= 15 is 0 Å². The molecule has 152 valence electrons. The standard InChI is InChI=1S/C21H33BrN2O3/c1-15-13-23(20(25)27-21(4,5)6)14-16(2)24(15)11-8-12-26-19-10-7-9-18(22)17(19)3/h7,9-10,15-16H,8,11-14H2,1-6H3/t15-,16+. The topological polar surface area (TPSA) is 42.0 Å². The lowest BCUT2D eigenvalue weighted by molar-refractivity contribution is -0.00841. The van der Waals surface area contributed by atoms with Crippen molar-refractivity contribution in [2.45, 2.75) is 65.6 Å². The molecule has 0 saturated carbocycles. The van der Waals surface area contributed by atoms with Crippen molar-refractivity contribution in [1.82, 2.24) is 9.80 Å². The van der Waals surface area contributed by atoms with E-state index in [-0.39, 0.29) is 6.09 Å². The fourth-order valence-corrected chi connectivity index (χ4v) is 3.79. The first-order valence-corrected chi connectivity index (χ1v) is 10.5. The molecule has 1 aromatic carbocycles. The first-order valence-electron chi connectivity index (χ1n) is 9.70. The fraction of sp³-hybridized carbons (Fsp3) is 0.667. The number of piperazine rings is 1. The number of ether oxygens (including phenoxy) is 2. The van der Waals surface area contributed by atoms with E-state index in [0.29, 0.717) is 31.8 Å². The second-order valence-electron chi connectivity index (χ2n) is 8.39. The Morgan fingerprint density at radius 3 is 2.44 bits per heavy atom. The molecule has 2 atom stereocenters. The zero-order valence-corrected chi connectivity index (χ0v) is 19.0. The van der Waals surface area contributed by atoms with E-state index in [4.69, 9.17) is 9.47 Å². The van der Waals surface area contributed by atoms with Gasteiger partial charge in [0.1, 0.15) is 11.4 Å². The molecule has 0 bridgehead atoms. The third-order valence-electron chi connectivity index (χ3n) is 4.79. The average molecular weight is 441 g/mol. The number of rotatable bonds is 5. The summed E-state index contributed by atoms with van der Waals surface area (Å²) in [6, 6.07) is 6.62. The van der Waals surface area contributed by atoms with E-state index in [1.807, 2.05) is 43.9 Å². The average Bonchev–Trinajstić information content (AvgIpc) is 2.55. The molecule has 0 unspecified atom stereocenters. The second kappa shape index (κ2) is 9.28. The maximum absolute atomic E-state index is 12.3. The molecule has 2 rings (SSSR count). The Hall–Kier alpha value is -1.27. The lowest BCUT2D eigenvalue weighted by atomic mass is 10.1. The zero-order chi connectivity index (χ0) is 20.2. The van der Waals surface area contributed by atoms with Crippen LogP contribution in [0.1, 0.15) is 46.6 Å². The van der Waals surface area contributed by atoms with Gasteiger partial charge < -0.3 is 14.4 Å². The summed E-state index contributed by atoms with van der Waals surface area (Å²) < 4.78 is 12.5. The van der Waals surface area contributed by atoms with Crippen LogP contribution in [0.4, 0.5) is 4.79 Å². The van der Waals surface area contributed by atoms with Crippen LogP contribution in [-0.4, -0.2) is 59.8 Å². The summed E-state index contributed by atoms with van der Waals surface area (Å²) in [5.41, 5.74) is 0.674. The molecule has 0 aliphatic carbocycles. The maximum Gasteiger partial charge on any atom is 0.410 e. The first kappa shape index (κ1) is 22.0. The highest BCUT2D eigenvalue weighted by Crippen LogP contribution is 2.25. The van der Waals surface area contributed by atoms with Gasteiger partial charge in [0.25, 0.3) is 0 Å².